The topological polar surface area (TPSA) is 38.3 Å². The lowest BCUT2D eigenvalue weighted by molar-refractivity contribution is 0.0503. The van der Waals surface area contributed by atoms with E-state index in [-0.39, 0.29) is 6.04 Å². The third-order valence-electron chi connectivity index (χ3n) is 4.11. The summed E-state index contributed by atoms with van der Waals surface area (Å²) >= 11 is 12.2. The molecule has 0 fully saturated rings. The molecule has 1 aliphatic rings. The second-order valence-electron chi connectivity index (χ2n) is 7.27. The van der Waals surface area contributed by atoms with Crippen LogP contribution < -0.4 is 5.32 Å². The molecule has 1 N–H and O–H groups in total. The van der Waals surface area contributed by atoms with Gasteiger partial charge in [-0.05, 0) is 61.6 Å². The first kappa shape index (κ1) is 18.8. The number of fused-ring (bicyclic) bond motifs is 1. The zero-order valence-corrected chi connectivity index (χ0v) is 16.5. The molecule has 2 aromatic rings. The fraction of sp³-hybridized carbons (Fsp3) is 0.286. The molecule has 5 heteroatoms. The molecule has 0 saturated carbocycles. The Labute approximate surface area is 164 Å². The molecule has 0 aromatic heterocycles. The second kappa shape index (κ2) is 7.34. The summed E-state index contributed by atoms with van der Waals surface area (Å²) < 4.78 is 5.39. The van der Waals surface area contributed by atoms with E-state index in [1.807, 2.05) is 57.2 Å². The molecule has 0 aliphatic heterocycles. The smallest absolute Gasteiger partial charge is 0.408 e. The quantitative estimate of drug-likeness (QED) is 0.645. The van der Waals surface area contributed by atoms with Crippen molar-refractivity contribution in [2.75, 3.05) is 0 Å². The van der Waals surface area contributed by atoms with E-state index in [0.717, 1.165) is 22.3 Å². The first-order valence-corrected chi connectivity index (χ1v) is 9.24. The lowest BCUT2D eigenvalue weighted by Crippen LogP contribution is -2.35. The van der Waals surface area contributed by atoms with Crippen molar-refractivity contribution in [3.05, 3.63) is 75.3 Å². The number of carbonyl (C=O) groups excluding carboxylic acids is 1. The van der Waals surface area contributed by atoms with Crippen LogP contribution in [0.1, 0.15) is 49.9 Å². The van der Waals surface area contributed by atoms with Gasteiger partial charge in [0.25, 0.3) is 0 Å². The van der Waals surface area contributed by atoms with Crippen molar-refractivity contribution in [1.82, 2.24) is 5.32 Å². The number of rotatable bonds is 2. The van der Waals surface area contributed by atoms with Gasteiger partial charge in [0.1, 0.15) is 5.60 Å². The van der Waals surface area contributed by atoms with Gasteiger partial charge < -0.3 is 10.1 Å². The SMILES string of the molecule is CC(C)(C)OC(=O)N[C@H]1CC=C(c2ccc(Cl)c(Cl)c2)c2ccccc21. The highest BCUT2D eigenvalue weighted by atomic mass is 35.5. The van der Waals surface area contributed by atoms with Crippen LogP contribution in [0.2, 0.25) is 10.0 Å². The molecule has 0 heterocycles. The minimum absolute atomic E-state index is 0.132. The molecule has 0 spiro atoms. The first-order valence-electron chi connectivity index (χ1n) is 8.49. The third kappa shape index (κ3) is 4.22. The van der Waals surface area contributed by atoms with E-state index in [0.29, 0.717) is 16.5 Å². The number of ether oxygens (including phenoxy) is 1. The van der Waals surface area contributed by atoms with E-state index < -0.39 is 11.7 Å². The molecule has 3 nitrogen and oxygen atoms in total. The second-order valence-corrected chi connectivity index (χ2v) is 8.08. The van der Waals surface area contributed by atoms with Crippen LogP contribution in [0.3, 0.4) is 0 Å². The first-order chi connectivity index (χ1) is 12.2. The van der Waals surface area contributed by atoms with E-state index in [1.54, 1.807) is 6.07 Å². The van der Waals surface area contributed by atoms with Crippen LogP contribution in [-0.2, 0) is 4.74 Å². The van der Waals surface area contributed by atoms with Crippen molar-refractivity contribution < 1.29 is 9.53 Å². The van der Waals surface area contributed by atoms with E-state index >= 15 is 0 Å². The maximum absolute atomic E-state index is 12.2. The highest BCUT2D eigenvalue weighted by Gasteiger charge is 2.25. The number of hydrogen-bond acceptors (Lipinski definition) is 2. The number of carbonyl (C=O) groups is 1. The molecule has 0 radical (unpaired) electrons. The zero-order chi connectivity index (χ0) is 18.9. The minimum Gasteiger partial charge on any atom is -0.444 e. The van der Waals surface area contributed by atoms with Crippen molar-refractivity contribution in [3.8, 4) is 0 Å². The summed E-state index contributed by atoms with van der Waals surface area (Å²) in [5, 5.41) is 4.03. The molecule has 26 heavy (non-hydrogen) atoms. The van der Waals surface area contributed by atoms with Crippen LogP contribution in [0.5, 0.6) is 0 Å². The number of alkyl carbamates (subject to hydrolysis) is 1. The fourth-order valence-corrected chi connectivity index (χ4v) is 3.34. The Balaban J connectivity index is 1.90. The number of halogens is 2. The predicted octanol–water partition coefficient (Wildman–Crippen LogP) is 6.39. The van der Waals surface area contributed by atoms with Gasteiger partial charge in [-0.15, -0.1) is 0 Å². The average molecular weight is 390 g/mol. The van der Waals surface area contributed by atoms with Crippen LogP contribution in [0.25, 0.3) is 5.57 Å². The van der Waals surface area contributed by atoms with E-state index in [4.69, 9.17) is 27.9 Å². The lowest BCUT2D eigenvalue weighted by atomic mass is 9.84. The van der Waals surface area contributed by atoms with E-state index in [1.165, 1.54) is 0 Å². The third-order valence-corrected chi connectivity index (χ3v) is 4.84. The average Bonchev–Trinajstić information content (AvgIpc) is 2.56. The van der Waals surface area contributed by atoms with Gasteiger partial charge in [0.05, 0.1) is 16.1 Å². The van der Waals surface area contributed by atoms with Gasteiger partial charge >= 0.3 is 6.09 Å². The van der Waals surface area contributed by atoms with Crippen LogP contribution >= 0.6 is 23.2 Å². The van der Waals surface area contributed by atoms with Gasteiger partial charge in [-0.25, -0.2) is 4.79 Å². The van der Waals surface area contributed by atoms with Gasteiger partial charge in [-0.3, -0.25) is 0 Å². The van der Waals surface area contributed by atoms with Crippen molar-refractivity contribution in [2.24, 2.45) is 0 Å². The molecule has 1 amide bonds. The van der Waals surface area contributed by atoms with E-state index in [2.05, 4.69) is 11.4 Å². The molecule has 1 atom stereocenters. The van der Waals surface area contributed by atoms with Crippen molar-refractivity contribution >= 4 is 34.9 Å². The summed E-state index contributed by atoms with van der Waals surface area (Å²) in [6.07, 6.45) is 2.37. The van der Waals surface area contributed by atoms with Crippen LogP contribution in [0.4, 0.5) is 4.79 Å². The molecular weight excluding hydrogens is 369 g/mol. The largest absolute Gasteiger partial charge is 0.444 e. The molecule has 0 saturated heterocycles. The Morgan fingerprint density at radius 3 is 2.54 bits per heavy atom. The Kier molecular flexibility index (Phi) is 5.31. The van der Waals surface area contributed by atoms with Gasteiger partial charge in [0, 0.05) is 0 Å². The Morgan fingerprint density at radius 1 is 1.12 bits per heavy atom. The minimum atomic E-state index is -0.528. The van der Waals surface area contributed by atoms with Gasteiger partial charge in [0.15, 0.2) is 0 Å². The molecule has 3 rings (SSSR count). The van der Waals surface area contributed by atoms with Crippen LogP contribution in [-0.4, -0.2) is 11.7 Å². The Morgan fingerprint density at radius 2 is 1.85 bits per heavy atom. The molecule has 136 valence electrons. The molecule has 2 aromatic carbocycles. The number of amides is 1. The molecular formula is C21H21Cl2NO2. The Hall–Kier alpha value is -1.97. The molecule has 1 aliphatic carbocycles. The summed E-state index contributed by atoms with van der Waals surface area (Å²) in [5.41, 5.74) is 3.68. The predicted molar refractivity (Wildman–Crippen MR) is 107 cm³/mol. The van der Waals surface area contributed by atoms with Gasteiger partial charge in [-0.1, -0.05) is 59.6 Å². The number of benzene rings is 2. The number of nitrogens with one attached hydrogen (secondary N) is 1. The molecule has 0 unspecified atom stereocenters. The lowest BCUT2D eigenvalue weighted by Gasteiger charge is -2.28. The monoisotopic (exact) mass is 389 g/mol. The summed E-state index contributed by atoms with van der Waals surface area (Å²) in [6, 6.07) is 13.5. The highest BCUT2D eigenvalue weighted by molar-refractivity contribution is 6.42. The number of hydrogen-bond donors (Lipinski definition) is 1. The maximum atomic E-state index is 12.2. The van der Waals surface area contributed by atoms with Crippen LogP contribution in [0, 0.1) is 0 Å². The summed E-state index contributed by atoms with van der Waals surface area (Å²) in [7, 11) is 0. The van der Waals surface area contributed by atoms with Crippen molar-refractivity contribution in [1.29, 1.82) is 0 Å². The van der Waals surface area contributed by atoms with Crippen LogP contribution in [0.15, 0.2) is 48.5 Å². The standard InChI is InChI=1S/C21H21Cl2NO2/c1-21(2,3)26-20(25)24-19-11-9-14(15-6-4-5-7-16(15)19)13-8-10-17(22)18(23)12-13/h4-10,12,19H,11H2,1-3H3,(H,24,25)/t19-/m0/s1. The fourth-order valence-electron chi connectivity index (χ4n) is 3.04. The van der Waals surface area contributed by atoms with Gasteiger partial charge in [-0.2, -0.15) is 0 Å². The van der Waals surface area contributed by atoms with Gasteiger partial charge in [0.2, 0.25) is 0 Å². The summed E-state index contributed by atoms with van der Waals surface area (Å²) in [5.74, 6) is 0. The maximum Gasteiger partial charge on any atom is 0.408 e. The zero-order valence-electron chi connectivity index (χ0n) is 15.0. The molecule has 0 bridgehead atoms. The summed E-state index contributed by atoms with van der Waals surface area (Å²) in [4.78, 5) is 12.2. The normalized spacial score (nSPS) is 16.5. The van der Waals surface area contributed by atoms with E-state index in [9.17, 15) is 4.79 Å². The summed E-state index contributed by atoms with van der Waals surface area (Å²) in [6.45, 7) is 5.55. The highest BCUT2D eigenvalue weighted by Crippen LogP contribution is 2.38. The van der Waals surface area contributed by atoms with Crippen molar-refractivity contribution in [3.63, 3.8) is 0 Å². The van der Waals surface area contributed by atoms with Crippen molar-refractivity contribution in [2.45, 2.75) is 38.8 Å². The Bertz CT molecular complexity index is 869.